The smallest absolute Gasteiger partial charge is 0.244 e. The number of hydrogen-bond acceptors (Lipinski definition) is 4. The summed E-state index contributed by atoms with van der Waals surface area (Å²) in [6, 6.07) is 10.9. The number of nitrogens with one attached hydrogen (secondary N) is 1. The summed E-state index contributed by atoms with van der Waals surface area (Å²) in [4.78, 5) is 0.191. The van der Waals surface area contributed by atoms with Crippen LogP contribution in [0.3, 0.4) is 0 Å². The van der Waals surface area contributed by atoms with Gasteiger partial charge in [-0.3, -0.25) is 0 Å². The summed E-state index contributed by atoms with van der Waals surface area (Å²) in [6.45, 7) is 0.827. The van der Waals surface area contributed by atoms with Crippen molar-refractivity contribution in [1.82, 2.24) is 4.72 Å². The summed E-state index contributed by atoms with van der Waals surface area (Å²) >= 11 is 3.36. The summed E-state index contributed by atoms with van der Waals surface area (Å²) in [7, 11) is -3.62. The Balaban J connectivity index is 1.74. The number of nitrogen functional groups attached to an aromatic ring is 1. The van der Waals surface area contributed by atoms with Crippen molar-refractivity contribution in [2.24, 2.45) is 0 Å². The normalized spacial score (nSPS) is 13.6. The lowest BCUT2D eigenvalue weighted by Crippen LogP contribution is -2.26. The van der Waals surface area contributed by atoms with Crippen molar-refractivity contribution in [2.75, 3.05) is 18.9 Å². The molecule has 1 aliphatic rings. The minimum Gasteiger partial charge on any atom is -0.492 e. The number of nitrogens with two attached hydrogens (primary N) is 1. The van der Waals surface area contributed by atoms with Crippen molar-refractivity contribution < 1.29 is 13.2 Å². The fraction of sp³-hybridized carbons (Fsp3) is 0.250. The Morgan fingerprint density at radius 2 is 1.96 bits per heavy atom. The molecule has 0 amide bonds. The van der Waals surface area contributed by atoms with E-state index in [9.17, 15) is 8.42 Å². The fourth-order valence-electron chi connectivity index (χ4n) is 2.53. The molecule has 2 aromatic carbocycles. The van der Waals surface area contributed by atoms with Crippen molar-refractivity contribution in [2.45, 2.75) is 17.7 Å². The standard InChI is InChI=1S/C16H17BrN2O3S/c17-13-9-12-6-8-22-16(12)15(10-13)23(20,21)19-7-5-11-1-3-14(18)4-2-11/h1-4,9-10,19H,5-8,18H2. The Bertz CT molecular complexity index is 820. The third-order valence-corrected chi connectivity index (χ3v) is 5.61. The maximum Gasteiger partial charge on any atom is 0.244 e. The largest absolute Gasteiger partial charge is 0.492 e. The van der Waals surface area contributed by atoms with Gasteiger partial charge in [0.25, 0.3) is 0 Å². The molecular weight excluding hydrogens is 380 g/mol. The van der Waals surface area contributed by atoms with Crippen LogP contribution >= 0.6 is 15.9 Å². The molecule has 0 aromatic heterocycles. The van der Waals surface area contributed by atoms with Crippen LogP contribution in [0.5, 0.6) is 5.75 Å². The van der Waals surface area contributed by atoms with Gasteiger partial charge in [-0.05, 0) is 36.2 Å². The van der Waals surface area contributed by atoms with Crippen molar-refractivity contribution in [3.8, 4) is 5.75 Å². The third-order valence-electron chi connectivity index (χ3n) is 3.69. The number of benzene rings is 2. The first-order chi connectivity index (χ1) is 11.0. The lowest BCUT2D eigenvalue weighted by molar-refractivity contribution is 0.348. The lowest BCUT2D eigenvalue weighted by Gasteiger charge is -2.11. The molecule has 1 heterocycles. The predicted molar refractivity (Wildman–Crippen MR) is 93.1 cm³/mol. The molecule has 1 aliphatic heterocycles. The molecule has 0 radical (unpaired) electrons. The first-order valence-electron chi connectivity index (χ1n) is 7.25. The molecule has 0 unspecified atom stereocenters. The molecule has 2 aromatic rings. The fourth-order valence-corrected chi connectivity index (χ4v) is 4.43. The molecule has 7 heteroatoms. The molecule has 5 nitrogen and oxygen atoms in total. The summed E-state index contributed by atoms with van der Waals surface area (Å²) in [5.41, 5.74) is 8.27. The lowest BCUT2D eigenvalue weighted by atomic mass is 10.1. The molecule has 23 heavy (non-hydrogen) atoms. The third kappa shape index (κ3) is 3.68. The number of anilines is 1. The molecule has 0 saturated heterocycles. The minimum atomic E-state index is -3.62. The van der Waals surface area contributed by atoms with Gasteiger partial charge in [0.05, 0.1) is 6.61 Å². The minimum absolute atomic E-state index is 0.191. The van der Waals surface area contributed by atoms with E-state index in [2.05, 4.69) is 20.7 Å². The Kier molecular flexibility index (Phi) is 4.61. The predicted octanol–water partition coefficient (Wildman–Crippen LogP) is 2.49. The van der Waals surface area contributed by atoms with Crippen molar-refractivity contribution in [3.63, 3.8) is 0 Å². The van der Waals surface area contributed by atoms with E-state index in [1.54, 1.807) is 18.2 Å². The Labute approximate surface area is 144 Å². The molecule has 0 fully saturated rings. The van der Waals surface area contributed by atoms with Crippen molar-refractivity contribution in [1.29, 1.82) is 0 Å². The zero-order valence-corrected chi connectivity index (χ0v) is 14.8. The molecule has 0 bridgehead atoms. The van der Waals surface area contributed by atoms with Crippen LogP contribution < -0.4 is 15.2 Å². The second kappa shape index (κ2) is 6.51. The Morgan fingerprint density at radius 1 is 1.22 bits per heavy atom. The maximum atomic E-state index is 12.6. The highest BCUT2D eigenvalue weighted by atomic mass is 79.9. The zero-order chi connectivity index (χ0) is 16.4. The quantitative estimate of drug-likeness (QED) is 0.760. The van der Waals surface area contributed by atoms with E-state index < -0.39 is 10.0 Å². The number of halogens is 1. The van der Waals surface area contributed by atoms with Gasteiger partial charge in [0.1, 0.15) is 10.6 Å². The van der Waals surface area contributed by atoms with Crippen LogP contribution in [-0.4, -0.2) is 21.6 Å². The van der Waals surface area contributed by atoms with E-state index in [1.807, 2.05) is 18.2 Å². The van der Waals surface area contributed by atoms with Crippen LogP contribution in [0.4, 0.5) is 5.69 Å². The average molecular weight is 397 g/mol. The second-order valence-corrected chi connectivity index (χ2v) is 8.03. The van der Waals surface area contributed by atoms with Gasteiger partial charge < -0.3 is 10.5 Å². The molecule has 0 atom stereocenters. The zero-order valence-electron chi connectivity index (χ0n) is 12.4. The van der Waals surface area contributed by atoms with Crippen LogP contribution in [0.25, 0.3) is 0 Å². The molecule has 0 saturated carbocycles. The Morgan fingerprint density at radius 3 is 2.70 bits per heavy atom. The van der Waals surface area contributed by atoms with Gasteiger partial charge in [0, 0.05) is 28.7 Å². The summed E-state index contributed by atoms with van der Waals surface area (Å²) < 4.78 is 34.0. The van der Waals surface area contributed by atoms with Gasteiger partial charge in [-0.2, -0.15) is 0 Å². The van der Waals surface area contributed by atoms with Gasteiger partial charge in [-0.1, -0.05) is 28.1 Å². The molecule has 3 rings (SSSR count). The monoisotopic (exact) mass is 396 g/mol. The summed E-state index contributed by atoms with van der Waals surface area (Å²) in [5, 5.41) is 0. The molecule has 0 aliphatic carbocycles. The summed E-state index contributed by atoms with van der Waals surface area (Å²) in [6.07, 6.45) is 1.32. The van der Waals surface area contributed by atoms with Crippen molar-refractivity contribution in [3.05, 3.63) is 52.0 Å². The highest BCUT2D eigenvalue weighted by Crippen LogP contribution is 2.35. The van der Waals surface area contributed by atoms with E-state index in [-0.39, 0.29) is 4.90 Å². The van der Waals surface area contributed by atoms with Gasteiger partial charge in [-0.25, -0.2) is 13.1 Å². The van der Waals surface area contributed by atoms with Gasteiger partial charge >= 0.3 is 0 Å². The van der Waals surface area contributed by atoms with Gasteiger partial charge in [0.15, 0.2) is 0 Å². The Hall–Kier alpha value is -1.57. The van der Waals surface area contributed by atoms with E-state index in [0.717, 1.165) is 22.0 Å². The average Bonchev–Trinajstić information content (AvgIpc) is 2.96. The van der Waals surface area contributed by atoms with Crippen molar-refractivity contribution >= 4 is 31.6 Å². The highest BCUT2D eigenvalue weighted by molar-refractivity contribution is 9.10. The number of sulfonamides is 1. The number of fused-ring (bicyclic) bond motifs is 1. The molecule has 122 valence electrons. The van der Waals surface area contributed by atoms with E-state index in [0.29, 0.717) is 31.0 Å². The molecular formula is C16H17BrN2O3S. The number of hydrogen-bond donors (Lipinski definition) is 2. The highest BCUT2D eigenvalue weighted by Gasteiger charge is 2.25. The van der Waals surface area contributed by atoms with Crippen LogP contribution in [-0.2, 0) is 22.9 Å². The molecule has 3 N–H and O–H groups in total. The van der Waals surface area contributed by atoms with Crippen LogP contribution in [0.1, 0.15) is 11.1 Å². The van der Waals surface area contributed by atoms with E-state index in [4.69, 9.17) is 10.5 Å². The van der Waals surface area contributed by atoms with Gasteiger partial charge in [0.2, 0.25) is 10.0 Å². The maximum absolute atomic E-state index is 12.6. The number of ether oxygens (including phenoxy) is 1. The SMILES string of the molecule is Nc1ccc(CCNS(=O)(=O)c2cc(Br)cc3c2OCC3)cc1. The summed E-state index contributed by atoms with van der Waals surface area (Å²) in [5.74, 6) is 0.466. The van der Waals surface area contributed by atoms with Crippen LogP contribution in [0.2, 0.25) is 0 Å². The first-order valence-corrected chi connectivity index (χ1v) is 9.52. The second-order valence-electron chi connectivity index (χ2n) is 5.38. The number of rotatable bonds is 5. The van der Waals surface area contributed by atoms with E-state index in [1.165, 1.54) is 0 Å². The topological polar surface area (TPSA) is 81.4 Å². The first kappa shape index (κ1) is 16.3. The molecule has 0 spiro atoms. The van der Waals surface area contributed by atoms with Crippen LogP contribution in [0.15, 0.2) is 45.8 Å². The van der Waals surface area contributed by atoms with Gasteiger partial charge in [-0.15, -0.1) is 0 Å². The van der Waals surface area contributed by atoms with E-state index >= 15 is 0 Å². The van der Waals surface area contributed by atoms with Crippen LogP contribution in [0, 0.1) is 0 Å².